The number of ether oxygens (including phenoxy) is 2. The van der Waals surface area contributed by atoms with Gasteiger partial charge >= 0.3 is 11.9 Å². The van der Waals surface area contributed by atoms with E-state index in [0.29, 0.717) is 12.8 Å². The molecule has 0 saturated heterocycles. The standard InChI is InChI=1S/C39H74O5/c1-3-5-7-9-11-13-15-17-19-20-22-23-25-27-29-31-33-38(41)43-36-37(35-40)44-39(42)34-32-30-28-26-24-21-18-16-14-12-10-8-6-4-2/h16,18,37,40H,3-15,17,19-36H2,1-2H3/b18-16+/t37-/m0/s1. The average Bonchev–Trinajstić information content (AvgIpc) is 3.02. The van der Waals surface area contributed by atoms with Crippen LogP contribution in [0.1, 0.15) is 206 Å². The summed E-state index contributed by atoms with van der Waals surface area (Å²) in [5.74, 6) is -0.591. The van der Waals surface area contributed by atoms with Crippen LogP contribution in [0.25, 0.3) is 0 Å². The third-order valence-electron chi connectivity index (χ3n) is 8.56. The monoisotopic (exact) mass is 623 g/mol. The molecule has 5 heteroatoms. The molecule has 0 aromatic heterocycles. The topological polar surface area (TPSA) is 72.8 Å². The second-order valence-corrected chi connectivity index (χ2v) is 13.0. The highest BCUT2D eigenvalue weighted by Gasteiger charge is 2.16. The Morgan fingerprint density at radius 1 is 0.500 bits per heavy atom. The highest BCUT2D eigenvalue weighted by molar-refractivity contribution is 5.70. The molecule has 0 radical (unpaired) electrons. The molecule has 1 atom stereocenters. The van der Waals surface area contributed by atoms with E-state index in [1.54, 1.807) is 0 Å². The van der Waals surface area contributed by atoms with Gasteiger partial charge in [-0.1, -0.05) is 167 Å². The maximum absolute atomic E-state index is 12.1. The number of carbonyl (C=O) groups is 2. The summed E-state index contributed by atoms with van der Waals surface area (Å²) in [5.41, 5.74) is 0. The highest BCUT2D eigenvalue weighted by Crippen LogP contribution is 2.15. The van der Waals surface area contributed by atoms with Crippen molar-refractivity contribution in [1.29, 1.82) is 0 Å². The number of esters is 2. The van der Waals surface area contributed by atoms with E-state index in [4.69, 9.17) is 9.47 Å². The Hall–Kier alpha value is -1.36. The maximum Gasteiger partial charge on any atom is 0.306 e. The molecule has 0 heterocycles. The molecule has 0 aliphatic heterocycles. The lowest BCUT2D eigenvalue weighted by atomic mass is 10.0. The van der Waals surface area contributed by atoms with Crippen molar-refractivity contribution in [2.24, 2.45) is 0 Å². The summed E-state index contributed by atoms with van der Waals surface area (Å²) >= 11 is 0. The summed E-state index contributed by atoms with van der Waals surface area (Å²) in [7, 11) is 0. The largest absolute Gasteiger partial charge is 0.462 e. The van der Waals surface area contributed by atoms with E-state index in [9.17, 15) is 14.7 Å². The van der Waals surface area contributed by atoms with E-state index in [0.717, 1.165) is 44.9 Å². The summed E-state index contributed by atoms with van der Waals surface area (Å²) in [6.45, 7) is 4.13. The molecule has 44 heavy (non-hydrogen) atoms. The van der Waals surface area contributed by atoms with Crippen LogP contribution >= 0.6 is 0 Å². The lowest BCUT2D eigenvalue weighted by Gasteiger charge is -2.15. The Morgan fingerprint density at radius 3 is 1.23 bits per heavy atom. The van der Waals surface area contributed by atoms with Gasteiger partial charge < -0.3 is 14.6 Å². The third-order valence-corrected chi connectivity index (χ3v) is 8.56. The molecule has 0 saturated carbocycles. The first-order valence-corrected chi connectivity index (χ1v) is 19.2. The van der Waals surface area contributed by atoms with Crippen LogP contribution in [0.2, 0.25) is 0 Å². The molecule has 0 unspecified atom stereocenters. The molecule has 0 aliphatic carbocycles. The molecular formula is C39H74O5. The maximum atomic E-state index is 12.1. The summed E-state index contributed by atoms with van der Waals surface area (Å²) in [5, 5.41) is 9.53. The minimum absolute atomic E-state index is 0.0633. The van der Waals surface area contributed by atoms with Crippen molar-refractivity contribution in [3.8, 4) is 0 Å². The lowest BCUT2D eigenvalue weighted by molar-refractivity contribution is -0.161. The van der Waals surface area contributed by atoms with Gasteiger partial charge in [0.1, 0.15) is 6.61 Å². The first-order valence-electron chi connectivity index (χ1n) is 19.2. The summed E-state index contributed by atoms with van der Waals surface area (Å²) in [6.07, 6.45) is 39.8. The lowest BCUT2D eigenvalue weighted by Crippen LogP contribution is -2.28. The van der Waals surface area contributed by atoms with E-state index >= 15 is 0 Å². The second-order valence-electron chi connectivity index (χ2n) is 13.0. The van der Waals surface area contributed by atoms with Gasteiger partial charge in [0.05, 0.1) is 6.61 Å². The van der Waals surface area contributed by atoms with E-state index in [1.165, 1.54) is 135 Å². The molecule has 5 nitrogen and oxygen atoms in total. The fourth-order valence-electron chi connectivity index (χ4n) is 5.61. The van der Waals surface area contributed by atoms with Crippen LogP contribution in [0.15, 0.2) is 12.2 Å². The van der Waals surface area contributed by atoms with Crippen LogP contribution < -0.4 is 0 Å². The molecular weight excluding hydrogens is 548 g/mol. The van der Waals surface area contributed by atoms with Crippen molar-refractivity contribution in [2.45, 2.75) is 213 Å². The van der Waals surface area contributed by atoms with E-state index in [-0.39, 0.29) is 25.2 Å². The van der Waals surface area contributed by atoms with Crippen LogP contribution in [0, 0.1) is 0 Å². The predicted molar refractivity (Wildman–Crippen MR) is 187 cm³/mol. The van der Waals surface area contributed by atoms with Crippen molar-refractivity contribution in [3.05, 3.63) is 12.2 Å². The van der Waals surface area contributed by atoms with Crippen LogP contribution in [0.3, 0.4) is 0 Å². The normalized spacial score (nSPS) is 12.2. The van der Waals surface area contributed by atoms with Gasteiger partial charge in [0, 0.05) is 12.8 Å². The van der Waals surface area contributed by atoms with Crippen molar-refractivity contribution < 1.29 is 24.2 Å². The number of allylic oxidation sites excluding steroid dienone is 2. The molecule has 0 bridgehead atoms. The Bertz CT molecular complexity index is 632. The fraction of sp³-hybridized carbons (Fsp3) is 0.897. The molecule has 0 amide bonds. The number of rotatable bonds is 35. The number of hydrogen-bond acceptors (Lipinski definition) is 5. The molecule has 0 aliphatic rings. The molecule has 0 aromatic carbocycles. The summed E-state index contributed by atoms with van der Waals surface area (Å²) in [4.78, 5) is 24.2. The minimum atomic E-state index is -0.768. The molecule has 0 fully saturated rings. The Morgan fingerprint density at radius 2 is 0.841 bits per heavy atom. The van der Waals surface area contributed by atoms with Crippen LogP contribution in [-0.4, -0.2) is 36.4 Å². The van der Waals surface area contributed by atoms with Gasteiger partial charge in [-0.15, -0.1) is 0 Å². The predicted octanol–water partition coefficient (Wildman–Crippen LogP) is 11.7. The quantitative estimate of drug-likeness (QED) is 0.0432. The van der Waals surface area contributed by atoms with Gasteiger partial charge in [-0.3, -0.25) is 9.59 Å². The van der Waals surface area contributed by atoms with Gasteiger partial charge in [0.2, 0.25) is 0 Å². The number of hydrogen-bond donors (Lipinski definition) is 1. The molecule has 0 aromatic rings. The molecule has 1 N–H and O–H groups in total. The molecule has 0 rings (SSSR count). The molecule has 0 spiro atoms. The number of unbranched alkanes of at least 4 members (excludes halogenated alkanes) is 25. The zero-order valence-corrected chi connectivity index (χ0v) is 29.4. The van der Waals surface area contributed by atoms with E-state index in [1.807, 2.05) is 0 Å². The van der Waals surface area contributed by atoms with Gasteiger partial charge in [-0.2, -0.15) is 0 Å². The summed E-state index contributed by atoms with van der Waals surface area (Å²) in [6, 6.07) is 0. The Labute approximate surface area is 273 Å². The van der Waals surface area contributed by atoms with Gasteiger partial charge in [-0.25, -0.2) is 0 Å². The van der Waals surface area contributed by atoms with E-state index in [2.05, 4.69) is 26.0 Å². The summed E-state index contributed by atoms with van der Waals surface area (Å²) < 4.78 is 10.6. The van der Waals surface area contributed by atoms with Crippen molar-refractivity contribution in [2.75, 3.05) is 13.2 Å². The Balaban J connectivity index is 3.53. The SMILES string of the molecule is CCCCCCC/C=C/CCCCCCCC(=O)O[C@@H](CO)COC(=O)CCCCCCCCCCCCCCCCCC. The van der Waals surface area contributed by atoms with E-state index < -0.39 is 6.10 Å². The fourth-order valence-corrected chi connectivity index (χ4v) is 5.61. The van der Waals surface area contributed by atoms with Crippen LogP contribution in [-0.2, 0) is 19.1 Å². The average molecular weight is 623 g/mol. The Kier molecular flexibility index (Phi) is 35.0. The zero-order valence-electron chi connectivity index (χ0n) is 29.4. The van der Waals surface area contributed by atoms with Crippen LogP contribution in [0.5, 0.6) is 0 Å². The third kappa shape index (κ3) is 33.5. The zero-order chi connectivity index (χ0) is 32.2. The minimum Gasteiger partial charge on any atom is -0.462 e. The van der Waals surface area contributed by atoms with Gasteiger partial charge in [-0.05, 0) is 38.5 Å². The second kappa shape index (κ2) is 36.1. The van der Waals surface area contributed by atoms with Gasteiger partial charge in [0.15, 0.2) is 6.10 Å². The highest BCUT2D eigenvalue weighted by atomic mass is 16.6. The number of aliphatic hydroxyl groups is 1. The van der Waals surface area contributed by atoms with Crippen LogP contribution in [0.4, 0.5) is 0 Å². The van der Waals surface area contributed by atoms with Gasteiger partial charge in [0.25, 0.3) is 0 Å². The van der Waals surface area contributed by atoms with Crippen molar-refractivity contribution in [1.82, 2.24) is 0 Å². The molecule has 260 valence electrons. The first-order chi connectivity index (χ1) is 21.6. The smallest absolute Gasteiger partial charge is 0.306 e. The van der Waals surface area contributed by atoms with Crippen molar-refractivity contribution >= 4 is 11.9 Å². The number of aliphatic hydroxyl groups excluding tert-OH is 1. The first kappa shape index (κ1) is 42.6. The van der Waals surface area contributed by atoms with Crippen molar-refractivity contribution in [3.63, 3.8) is 0 Å². The number of carbonyl (C=O) groups excluding carboxylic acids is 2.